The number of hydrogen-bond donors (Lipinski definition) is 1. The molecular weight excluding hydrogens is 320 g/mol. The number of halogens is 1. The molecule has 0 unspecified atom stereocenters. The van der Waals surface area contributed by atoms with Crippen molar-refractivity contribution in [3.63, 3.8) is 0 Å². The normalized spacial score (nSPS) is 10.4. The van der Waals surface area contributed by atoms with E-state index < -0.39 is 0 Å². The van der Waals surface area contributed by atoms with Crippen LogP contribution in [0.2, 0.25) is 0 Å². The fourth-order valence-electron chi connectivity index (χ4n) is 1.66. The molecule has 0 aromatic heterocycles. The summed E-state index contributed by atoms with van der Waals surface area (Å²) < 4.78 is 12.0. The molecule has 110 valence electrons. The van der Waals surface area contributed by atoms with E-state index >= 15 is 0 Å². The first kappa shape index (κ1) is 16.8. The first-order valence-corrected chi connectivity index (χ1v) is 7.47. The van der Waals surface area contributed by atoms with Crippen molar-refractivity contribution in [2.75, 3.05) is 13.7 Å². The Hall–Kier alpha value is -1.25. The summed E-state index contributed by atoms with van der Waals surface area (Å²) >= 11 is 3.52. The second-order valence-corrected chi connectivity index (χ2v) is 5.61. The van der Waals surface area contributed by atoms with Gasteiger partial charge in [0.05, 0.1) is 24.3 Å². The predicted octanol–water partition coefficient (Wildman–Crippen LogP) is 3.64. The summed E-state index contributed by atoms with van der Waals surface area (Å²) in [6.07, 6.45) is 1.21. The Morgan fingerprint density at radius 2 is 2.15 bits per heavy atom. The van der Waals surface area contributed by atoms with Crippen molar-refractivity contribution in [1.29, 1.82) is 5.26 Å². The van der Waals surface area contributed by atoms with Crippen LogP contribution in [0.25, 0.3) is 0 Å². The fourth-order valence-corrected chi connectivity index (χ4v) is 2.27. The van der Waals surface area contributed by atoms with Gasteiger partial charge in [0.2, 0.25) is 0 Å². The van der Waals surface area contributed by atoms with Gasteiger partial charge in [-0.15, -0.1) is 0 Å². The van der Waals surface area contributed by atoms with Crippen molar-refractivity contribution in [3.8, 4) is 17.6 Å². The van der Waals surface area contributed by atoms with E-state index in [4.69, 9.17) is 14.7 Å². The van der Waals surface area contributed by atoms with Gasteiger partial charge in [-0.3, -0.25) is 0 Å². The fraction of sp³-hybridized carbons (Fsp3) is 0.533. The van der Waals surface area contributed by atoms with Crippen LogP contribution >= 0.6 is 15.9 Å². The van der Waals surface area contributed by atoms with Crippen LogP contribution in [0.5, 0.6) is 11.5 Å². The number of benzene rings is 1. The number of nitriles is 1. The predicted molar refractivity (Wildman–Crippen MR) is 83.0 cm³/mol. The van der Waals surface area contributed by atoms with Crippen LogP contribution in [0.3, 0.4) is 0 Å². The van der Waals surface area contributed by atoms with E-state index in [1.165, 1.54) is 0 Å². The number of hydrogen-bond acceptors (Lipinski definition) is 4. The number of nitrogens with one attached hydrogen (secondary N) is 1. The number of methoxy groups -OCH3 is 1. The van der Waals surface area contributed by atoms with Crippen molar-refractivity contribution in [2.45, 2.75) is 39.3 Å². The second kappa shape index (κ2) is 8.83. The maximum Gasteiger partial charge on any atom is 0.175 e. The van der Waals surface area contributed by atoms with Crippen molar-refractivity contribution in [3.05, 3.63) is 22.2 Å². The zero-order valence-corrected chi connectivity index (χ0v) is 13.8. The highest BCUT2D eigenvalue weighted by Gasteiger charge is 2.11. The molecule has 0 bridgehead atoms. The Morgan fingerprint density at radius 1 is 1.40 bits per heavy atom. The maximum atomic E-state index is 8.51. The summed E-state index contributed by atoms with van der Waals surface area (Å²) in [4.78, 5) is 0. The van der Waals surface area contributed by atoms with E-state index in [2.05, 4.69) is 41.2 Å². The lowest BCUT2D eigenvalue weighted by atomic mass is 10.2. The number of unbranched alkanes of at least 4 members (excludes halogenated alkanes) is 1. The van der Waals surface area contributed by atoms with Crippen LogP contribution in [0.4, 0.5) is 0 Å². The smallest absolute Gasteiger partial charge is 0.175 e. The van der Waals surface area contributed by atoms with E-state index in [-0.39, 0.29) is 0 Å². The Balaban J connectivity index is 2.77. The summed E-state index contributed by atoms with van der Waals surface area (Å²) in [6.45, 7) is 5.51. The Morgan fingerprint density at radius 3 is 2.75 bits per heavy atom. The van der Waals surface area contributed by atoms with Crippen LogP contribution in [0.1, 0.15) is 32.3 Å². The molecule has 1 N–H and O–H groups in total. The third-order valence-electron chi connectivity index (χ3n) is 2.68. The molecular formula is C15H21BrN2O2. The van der Waals surface area contributed by atoms with Crippen LogP contribution in [-0.2, 0) is 6.54 Å². The van der Waals surface area contributed by atoms with Crippen molar-refractivity contribution in [1.82, 2.24) is 5.32 Å². The van der Waals surface area contributed by atoms with Crippen molar-refractivity contribution in [2.24, 2.45) is 0 Å². The van der Waals surface area contributed by atoms with Gasteiger partial charge in [0, 0.05) is 19.0 Å². The minimum atomic E-state index is 0.432. The highest BCUT2D eigenvalue weighted by atomic mass is 79.9. The molecule has 0 saturated heterocycles. The molecule has 20 heavy (non-hydrogen) atoms. The summed E-state index contributed by atoms with van der Waals surface area (Å²) in [5, 5.41) is 11.9. The van der Waals surface area contributed by atoms with Crippen LogP contribution in [0.15, 0.2) is 16.6 Å². The largest absolute Gasteiger partial charge is 0.493 e. The maximum absolute atomic E-state index is 8.51. The molecule has 0 heterocycles. The molecule has 5 heteroatoms. The minimum Gasteiger partial charge on any atom is -0.493 e. The Kier molecular flexibility index (Phi) is 7.42. The second-order valence-electron chi connectivity index (χ2n) is 4.75. The van der Waals surface area contributed by atoms with Gasteiger partial charge in [0.15, 0.2) is 11.5 Å². The molecule has 1 rings (SSSR count). The third-order valence-corrected chi connectivity index (χ3v) is 3.27. The van der Waals surface area contributed by atoms with Gasteiger partial charge in [0.25, 0.3) is 0 Å². The van der Waals surface area contributed by atoms with E-state index in [1.807, 2.05) is 12.1 Å². The monoisotopic (exact) mass is 340 g/mol. The lowest BCUT2D eigenvalue weighted by Crippen LogP contribution is -2.21. The number of nitrogens with zero attached hydrogens (tertiary/aromatic N) is 1. The molecule has 1 aromatic rings. The van der Waals surface area contributed by atoms with Gasteiger partial charge < -0.3 is 14.8 Å². The average Bonchev–Trinajstić information content (AvgIpc) is 2.42. The lowest BCUT2D eigenvalue weighted by molar-refractivity contribution is 0.288. The average molecular weight is 341 g/mol. The summed E-state index contributed by atoms with van der Waals surface area (Å²) in [6, 6.07) is 6.53. The standard InChI is InChI=1S/C15H21BrN2O2/c1-11(2)18-10-12-8-13(16)15(14(9-12)19-3)20-7-5-4-6-17/h8-9,11,18H,4-5,7,10H2,1-3H3. The van der Waals surface area contributed by atoms with Crippen molar-refractivity contribution >= 4 is 15.9 Å². The molecule has 0 aliphatic rings. The molecule has 0 spiro atoms. The molecule has 0 aliphatic heterocycles. The van der Waals surface area contributed by atoms with Crippen LogP contribution < -0.4 is 14.8 Å². The molecule has 0 saturated carbocycles. The van der Waals surface area contributed by atoms with Gasteiger partial charge >= 0.3 is 0 Å². The van der Waals surface area contributed by atoms with E-state index in [9.17, 15) is 0 Å². The van der Waals surface area contributed by atoms with Crippen LogP contribution in [-0.4, -0.2) is 19.8 Å². The van der Waals surface area contributed by atoms with Gasteiger partial charge in [-0.25, -0.2) is 0 Å². The van der Waals surface area contributed by atoms with Gasteiger partial charge in [-0.1, -0.05) is 13.8 Å². The molecule has 0 atom stereocenters. The number of ether oxygens (including phenoxy) is 2. The molecule has 0 aliphatic carbocycles. The van der Waals surface area contributed by atoms with Gasteiger partial charge in [-0.05, 0) is 40.0 Å². The number of rotatable bonds is 8. The summed E-state index contributed by atoms with van der Waals surface area (Å²) in [5.41, 5.74) is 1.13. The topological polar surface area (TPSA) is 54.3 Å². The van der Waals surface area contributed by atoms with Gasteiger partial charge in [0.1, 0.15) is 0 Å². The van der Waals surface area contributed by atoms with Crippen molar-refractivity contribution < 1.29 is 9.47 Å². The summed E-state index contributed by atoms with van der Waals surface area (Å²) in [5.74, 6) is 1.40. The first-order valence-electron chi connectivity index (χ1n) is 6.68. The third kappa shape index (κ3) is 5.40. The Bertz CT molecular complexity index is 470. The Labute approximate surface area is 129 Å². The zero-order valence-electron chi connectivity index (χ0n) is 12.2. The molecule has 0 amide bonds. The molecule has 0 fully saturated rings. The molecule has 4 nitrogen and oxygen atoms in total. The lowest BCUT2D eigenvalue weighted by Gasteiger charge is -2.15. The quantitative estimate of drug-likeness (QED) is 0.734. The highest BCUT2D eigenvalue weighted by Crippen LogP contribution is 2.36. The van der Waals surface area contributed by atoms with Crippen LogP contribution in [0, 0.1) is 11.3 Å². The summed E-state index contributed by atoms with van der Waals surface area (Å²) in [7, 11) is 1.63. The van der Waals surface area contributed by atoms with E-state index in [0.29, 0.717) is 37.0 Å². The molecule has 1 aromatic carbocycles. The SMILES string of the molecule is COc1cc(CNC(C)C)cc(Br)c1OCCCC#N. The first-order chi connectivity index (χ1) is 9.58. The molecule has 0 radical (unpaired) electrons. The highest BCUT2D eigenvalue weighted by molar-refractivity contribution is 9.10. The van der Waals surface area contributed by atoms with E-state index in [0.717, 1.165) is 16.6 Å². The minimum absolute atomic E-state index is 0.432. The zero-order chi connectivity index (χ0) is 15.0. The van der Waals surface area contributed by atoms with Gasteiger partial charge in [-0.2, -0.15) is 5.26 Å². The van der Waals surface area contributed by atoms with E-state index in [1.54, 1.807) is 7.11 Å².